The summed E-state index contributed by atoms with van der Waals surface area (Å²) in [7, 11) is 0. The summed E-state index contributed by atoms with van der Waals surface area (Å²) in [5.74, 6) is -0.0768. The monoisotopic (exact) mass is 487 g/mol. The number of amides is 1. The Kier molecular flexibility index (Phi) is 6.02. The molecule has 1 aromatic carbocycles. The van der Waals surface area contributed by atoms with Crippen LogP contribution in [0.25, 0.3) is 11.2 Å². The van der Waals surface area contributed by atoms with E-state index in [4.69, 9.17) is 0 Å². The number of carbonyl (C=O) groups is 1. The molecule has 0 spiro atoms. The van der Waals surface area contributed by atoms with Gasteiger partial charge < -0.3 is 5.32 Å². The van der Waals surface area contributed by atoms with Crippen molar-refractivity contribution < 1.29 is 4.79 Å². The summed E-state index contributed by atoms with van der Waals surface area (Å²) in [6.45, 7) is 0.368. The van der Waals surface area contributed by atoms with Crippen molar-refractivity contribution in [3.05, 3.63) is 73.9 Å². The molecule has 4 aromatic rings. The van der Waals surface area contributed by atoms with E-state index < -0.39 is 0 Å². The van der Waals surface area contributed by atoms with Crippen LogP contribution >= 0.6 is 39.0 Å². The van der Waals surface area contributed by atoms with Crippen molar-refractivity contribution in [3.8, 4) is 0 Å². The number of anilines is 1. The molecule has 146 valence electrons. The van der Waals surface area contributed by atoms with Crippen molar-refractivity contribution in [1.82, 2.24) is 19.5 Å². The highest BCUT2D eigenvalue weighted by atomic mass is 79.9. The first-order valence-electron chi connectivity index (χ1n) is 8.52. The van der Waals surface area contributed by atoms with Crippen LogP contribution < -0.4 is 10.9 Å². The van der Waals surface area contributed by atoms with Crippen molar-refractivity contribution in [3.63, 3.8) is 0 Å². The molecule has 0 saturated heterocycles. The van der Waals surface area contributed by atoms with Gasteiger partial charge in [0, 0.05) is 27.4 Å². The van der Waals surface area contributed by atoms with Gasteiger partial charge in [-0.2, -0.15) is 0 Å². The number of benzene rings is 1. The van der Waals surface area contributed by atoms with Crippen LogP contribution in [0.1, 0.15) is 4.88 Å². The highest BCUT2D eigenvalue weighted by molar-refractivity contribution is 9.10. The first kappa shape index (κ1) is 19.7. The van der Waals surface area contributed by atoms with Gasteiger partial charge in [-0.25, -0.2) is 15.0 Å². The van der Waals surface area contributed by atoms with Gasteiger partial charge in [-0.15, -0.1) is 11.3 Å². The molecule has 0 aliphatic carbocycles. The van der Waals surface area contributed by atoms with Crippen molar-refractivity contribution in [2.45, 2.75) is 11.7 Å². The fraction of sp³-hybridized carbons (Fsp3) is 0.105. The van der Waals surface area contributed by atoms with Crippen molar-refractivity contribution in [2.24, 2.45) is 0 Å². The normalized spacial score (nSPS) is 10.9. The van der Waals surface area contributed by atoms with Gasteiger partial charge in [-0.3, -0.25) is 14.2 Å². The second-order valence-corrected chi connectivity index (χ2v) is 8.83. The largest absolute Gasteiger partial charge is 0.325 e. The van der Waals surface area contributed by atoms with Crippen LogP contribution in [-0.4, -0.2) is 31.2 Å². The second-order valence-electron chi connectivity index (χ2n) is 5.94. The summed E-state index contributed by atoms with van der Waals surface area (Å²) < 4.78 is 2.48. The van der Waals surface area contributed by atoms with Crippen molar-refractivity contribution >= 4 is 61.8 Å². The van der Waals surface area contributed by atoms with Crippen molar-refractivity contribution in [1.29, 1.82) is 0 Å². The number of thioether (sulfide) groups is 1. The standard InChI is InChI=1S/C19H14BrN5O2S2/c20-12-3-5-13(6-4-12)23-15(26)11-29-19-24-17-16(21-7-8-22-17)18(27)25(19)10-14-2-1-9-28-14/h1-9H,10-11H2,(H,23,26). The van der Waals surface area contributed by atoms with Gasteiger partial charge in [0.15, 0.2) is 16.3 Å². The Morgan fingerprint density at radius 3 is 2.72 bits per heavy atom. The molecule has 4 rings (SSSR count). The Morgan fingerprint density at radius 1 is 1.17 bits per heavy atom. The van der Waals surface area contributed by atoms with E-state index in [1.807, 2.05) is 41.8 Å². The van der Waals surface area contributed by atoms with Crippen LogP contribution in [0.15, 0.2) is 68.6 Å². The minimum Gasteiger partial charge on any atom is -0.325 e. The maximum Gasteiger partial charge on any atom is 0.282 e. The maximum absolute atomic E-state index is 12.9. The molecule has 0 aliphatic heterocycles. The molecule has 0 fully saturated rings. The zero-order valence-electron chi connectivity index (χ0n) is 14.9. The molecule has 0 radical (unpaired) electrons. The number of nitrogens with one attached hydrogen (secondary N) is 1. The summed E-state index contributed by atoms with van der Waals surface area (Å²) in [6.07, 6.45) is 2.96. The summed E-state index contributed by atoms with van der Waals surface area (Å²) in [5.41, 5.74) is 0.919. The van der Waals surface area contributed by atoms with E-state index in [2.05, 4.69) is 36.2 Å². The van der Waals surface area contributed by atoms with Gasteiger partial charge in [-0.1, -0.05) is 33.8 Å². The maximum atomic E-state index is 12.9. The van der Waals surface area contributed by atoms with E-state index in [9.17, 15) is 9.59 Å². The van der Waals surface area contributed by atoms with Gasteiger partial charge in [0.2, 0.25) is 5.91 Å². The van der Waals surface area contributed by atoms with Gasteiger partial charge in [0.05, 0.1) is 12.3 Å². The molecule has 1 amide bonds. The number of aromatic nitrogens is 4. The topological polar surface area (TPSA) is 89.8 Å². The van der Waals surface area contributed by atoms with E-state index in [0.29, 0.717) is 17.4 Å². The zero-order valence-corrected chi connectivity index (χ0v) is 18.1. The minimum atomic E-state index is -0.271. The Balaban J connectivity index is 1.58. The molecule has 1 N–H and O–H groups in total. The summed E-state index contributed by atoms with van der Waals surface area (Å²) in [5, 5.41) is 5.22. The van der Waals surface area contributed by atoms with Gasteiger partial charge >= 0.3 is 0 Å². The van der Waals surface area contributed by atoms with Crippen LogP contribution in [0, 0.1) is 0 Å². The van der Waals surface area contributed by atoms with Gasteiger partial charge in [0.1, 0.15) is 0 Å². The first-order valence-corrected chi connectivity index (χ1v) is 11.2. The molecule has 0 bridgehead atoms. The predicted octanol–water partition coefficient (Wildman–Crippen LogP) is 3.79. The molecule has 3 heterocycles. The van der Waals surface area contributed by atoms with Crippen LogP contribution in [-0.2, 0) is 11.3 Å². The Labute approximate surface area is 182 Å². The third-order valence-corrected chi connectivity index (χ3v) is 6.28. The lowest BCUT2D eigenvalue weighted by Crippen LogP contribution is -2.25. The number of carbonyl (C=O) groups excluding carboxylic acids is 1. The highest BCUT2D eigenvalue weighted by Gasteiger charge is 2.15. The van der Waals surface area contributed by atoms with E-state index in [0.717, 1.165) is 9.35 Å². The fourth-order valence-corrected chi connectivity index (χ4v) is 4.34. The molecular formula is C19H14BrN5O2S2. The smallest absolute Gasteiger partial charge is 0.282 e. The Morgan fingerprint density at radius 2 is 1.97 bits per heavy atom. The van der Waals surface area contributed by atoms with E-state index >= 15 is 0 Å². The molecule has 29 heavy (non-hydrogen) atoms. The quantitative estimate of drug-likeness (QED) is 0.328. The van der Waals surface area contributed by atoms with Crippen LogP contribution in [0.4, 0.5) is 5.69 Å². The molecule has 0 aliphatic rings. The van der Waals surface area contributed by atoms with Crippen LogP contribution in [0.3, 0.4) is 0 Å². The van der Waals surface area contributed by atoms with E-state index in [1.165, 1.54) is 24.2 Å². The average molecular weight is 488 g/mol. The molecule has 7 nitrogen and oxygen atoms in total. The first-order chi connectivity index (χ1) is 14.1. The van der Waals surface area contributed by atoms with Gasteiger partial charge in [0.25, 0.3) is 5.56 Å². The lowest BCUT2D eigenvalue weighted by atomic mass is 10.3. The van der Waals surface area contributed by atoms with Gasteiger partial charge in [-0.05, 0) is 35.7 Å². The minimum absolute atomic E-state index is 0.110. The summed E-state index contributed by atoms with van der Waals surface area (Å²) >= 11 is 6.11. The van der Waals surface area contributed by atoms with Crippen molar-refractivity contribution in [2.75, 3.05) is 11.1 Å². The molecule has 3 aromatic heterocycles. The molecule has 10 heteroatoms. The number of thiophene rings is 1. The van der Waals surface area contributed by atoms with E-state index in [1.54, 1.807) is 15.9 Å². The fourth-order valence-electron chi connectivity index (χ4n) is 2.60. The summed E-state index contributed by atoms with van der Waals surface area (Å²) in [6, 6.07) is 11.2. The SMILES string of the molecule is O=C(CSc1nc2nccnc2c(=O)n1Cc1cccs1)Nc1ccc(Br)cc1. The molecular weight excluding hydrogens is 474 g/mol. The predicted molar refractivity (Wildman–Crippen MR) is 119 cm³/mol. The zero-order chi connectivity index (χ0) is 20.2. The second kappa shape index (κ2) is 8.85. The molecule has 0 saturated carbocycles. The lowest BCUT2D eigenvalue weighted by molar-refractivity contribution is -0.113. The van der Waals surface area contributed by atoms with E-state index in [-0.39, 0.29) is 28.4 Å². The third kappa shape index (κ3) is 4.72. The highest BCUT2D eigenvalue weighted by Crippen LogP contribution is 2.20. The lowest BCUT2D eigenvalue weighted by Gasteiger charge is -2.11. The number of rotatable bonds is 6. The Hall–Kier alpha value is -2.56. The Bertz CT molecular complexity index is 1210. The average Bonchev–Trinajstić information content (AvgIpc) is 3.24. The number of halogens is 1. The number of nitrogens with zero attached hydrogens (tertiary/aromatic N) is 4. The summed E-state index contributed by atoms with van der Waals surface area (Å²) in [4.78, 5) is 39.1. The molecule has 0 atom stereocenters. The third-order valence-electron chi connectivity index (χ3n) is 3.91. The molecule has 0 unspecified atom stereocenters. The van der Waals surface area contributed by atoms with Crippen LogP contribution in [0.2, 0.25) is 0 Å². The number of hydrogen-bond donors (Lipinski definition) is 1. The number of fused-ring (bicyclic) bond motifs is 1. The van der Waals surface area contributed by atoms with Crippen LogP contribution in [0.5, 0.6) is 0 Å². The number of hydrogen-bond acceptors (Lipinski definition) is 7.